The van der Waals surface area contributed by atoms with Crippen molar-refractivity contribution in [3.63, 3.8) is 0 Å². The average Bonchev–Trinajstić information content (AvgIpc) is 2.73. The molecule has 1 unspecified atom stereocenters. The molecule has 1 aromatic heterocycles. The van der Waals surface area contributed by atoms with Gasteiger partial charge in [-0.3, -0.25) is 0 Å². The molecular formula is C12H17N3O2. The maximum atomic E-state index is 5.83. The molecular weight excluding hydrogens is 218 g/mol. The minimum absolute atomic E-state index is 0.0469. The van der Waals surface area contributed by atoms with Gasteiger partial charge in [-0.25, -0.2) is 0 Å². The van der Waals surface area contributed by atoms with Gasteiger partial charge in [0.1, 0.15) is 0 Å². The molecule has 1 aromatic carbocycles. The van der Waals surface area contributed by atoms with Gasteiger partial charge >= 0.3 is 0 Å². The Morgan fingerprint density at radius 1 is 1.47 bits per heavy atom. The Kier molecular flexibility index (Phi) is 3.95. The molecule has 17 heavy (non-hydrogen) atoms. The molecule has 0 aliphatic carbocycles. The number of aromatic nitrogens is 1. The standard InChI is InChI=1S/C12H17N3O2/c1-16-8-9(13)6-7-14-12-10-4-2-3-5-11(10)17-15-12/h2-5,9H,6-8,13H2,1H3,(H,14,15). The number of nitrogens with zero attached hydrogens (tertiary/aromatic N) is 1. The third-order valence-corrected chi connectivity index (χ3v) is 2.57. The highest BCUT2D eigenvalue weighted by Gasteiger charge is 2.07. The number of rotatable bonds is 6. The van der Waals surface area contributed by atoms with Gasteiger partial charge in [-0.1, -0.05) is 17.3 Å². The molecule has 0 saturated carbocycles. The maximum Gasteiger partial charge on any atom is 0.177 e. The second-order valence-electron chi connectivity index (χ2n) is 3.96. The summed E-state index contributed by atoms with van der Waals surface area (Å²) in [4.78, 5) is 0. The lowest BCUT2D eigenvalue weighted by Gasteiger charge is -2.10. The van der Waals surface area contributed by atoms with Gasteiger partial charge in [0.2, 0.25) is 0 Å². The van der Waals surface area contributed by atoms with Crippen molar-refractivity contribution in [1.29, 1.82) is 0 Å². The molecule has 0 amide bonds. The van der Waals surface area contributed by atoms with Crippen molar-refractivity contribution in [2.24, 2.45) is 5.73 Å². The molecule has 92 valence electrons. The molecule has 0 fully saturated rings. The van der Waals surface area contributed by atoms with Crippen molar-refractivity contribution < 1.29 is 9.26 Å². The Hall–Kier alpha value is -1.59. The fourth-order valence-corrected chi connectivity index (χ4v) is 1.69. The van der Waals surface area contributed by atoms with E-state index in [1.165, 1.54) is 0 Å². The molecule has 3 N–H and O–H groups in total. The van der Waals surface area contributed by atoms with E-state index in [2.05, 4.69) is 10.5 Å². The Bertz CT molecular complexity index is 469. The van der Waals surface area contributed by atoms with Crippen LogP contribution in [0.3, 0.4) is 0 Å². The highest BCUT2D eigenvalue weighted by molar-refractivity contribution is 5.87. The molecule has 0 aliphatic heterocycles. The summed E-state index contributed by atoms with van der Waals surface area (Å²) in [5.41, 5.74) is 6.62. The van der Waals surface area contributed by atoms with Crippen LogP contribution in [0.15, 0.2) is 28.8 Å². The zero-order valence-electron chi connectivity index (χ0n) is 9.85. The molecule has 5 nitrogen and oxygen atoms in total. The van der Waals surface area contributed by atoms with Crippen LogP contribution >= 0.6 is 0 Å². The van der Waals surface area contributed by atoms with Crippen LogP contribution in [0.1, 0.15) is 6.42 Å². The van der Waals surface area contributed by atoms with Crippen molar-refractivity contribution >= 4 is 16.8 Å². The van der Waals surface area contributed by atoms with Gasteiger partial charge in [0.25, 0.3) is 0 Å². The van der Waals surface area contributed by atoms with E-state index < -0.39 is 0 Å². The second-order valence-corrected chi connectivity index (χ2v) is 3.96. The van der Waals surface area contributed by atoms with E-state index in [-0.39, 0.29) is 6.04 Å². The van der Waals surface area contributed by atoms with E-state index in [4.69, 9.17) is 15.0 Å². The van der Waals surface area contributed by atoms with Crippen LogP contribution in [0, 0.1) is 0 Å². The van der Waals surface area contributed by atoms with Crippen molar-refractivity contribution in [3.05, 3.63) is 24.3 Å². The van der Waals surface area contributed by atoms with E-state index in [0.717, 1.165) is 29.8 Å². The van der Waals surface area contributed by atoms with Gasteiger partial charge < -0.3 is 20.3 Å². The number of methoxy groups -OCH3 is 1. The summed E-state index contributed by atoms with van der Waals surface area (Å²) in [6, 6.07) is 7.80. The minimum atomic E-state index is 0.0469. The molecule has 2 aromatic rings. The SMILES string of the molecule is COCC(N)CCNc1noc2ccccc12. The van der Waals surface area contributed by atoms with Crippen molar-refractivity contribution in [2.45, 2.75) is 12.5 Å². The van der Waals surface area contributed by atoms with Gasteiger partial charge in [0.15, 0.2) is 11.4 Å². The topological polar surface area (TPSA) is 73.3 Å². The summed E-state index contributed by atoms with van der Waals surface area (Å²) in [6.45, 7) is 1.32. The van der Waals surface area contributed by atoms with Crippen LogP contribution in [-0.2, 0) is 4.74 Å². The number of benzene rings is 1. The summed E-state index contributed by atoms with van der Waals surface area (Å²) < 4.78 is 10.2. The molecule has 0 aliphatic rings. The third kappa shape index (κ3) is 2.95. The average molecular weight is 235 g/mol. The Morgan fingerprint density at radius 3 is 3.12 bits per heavy atom. The largest absolute Gasteiger partial charge is 0.383 e. The fourth-order valence-electron chi connectivity index (χ4n) is 1.69. The van der Waals surface area contributed by atoms with E-state index >= 15 is 0 Å². The minimum Gasteiger partial charge on any atom is -0.383 e. The number of nitrogens with two attached hydrogens (primary N) is 1. The molecule has 1 atom stereocenters. The highest BCUT2D eigenvalue weighted by Crippen LogP contribution is 2.21. The first-order valence-electron chi connectivity index (χ1n) is 5.64. The molecule has 0 bridgehead atoms. The van der Waals surface area contributed by atoms with E-state index in [1.807, 2.05) is 24.3 Å². The lowest BCUT2D eigenvalue weighted by molar-refractivity contribution is 0.178. The fraction of sp³-hybridized carbons (Fsp3) is 0.417. The summed E-state index contributed by atoms with van der Waals surface area (Å²) in [7, 11) is 1.65. The molecule has 2 rings (SSSR count). The summed E-state index contributed by atoms with van der Waals surface area (Å²) >= 11 is 0. The Labute approximate surface area is 99.9 Å². The number of anilines is 1. The smallest absolute Gasteiger partial charge is 0.177 e. The van der Waals surface area contributed by atoms with Crippen LogP contribution < -0.4 is 11.1 Å². The lowest BCUT2D eigenvalue weighted by atomic mass is 10.2. The molecule has 0 saturated heterocycles. The zero-order chi connectivity index (χ0) is 12.1. The Balaban J connectivity index is 1.91. The number of para-hydroxylation sites is 1. The van der Waals surface area contributed by atoms with Crippen LogP contribution in [0.2, 0.25) is 0 Å². The predicted octanol–water partition coefficient (Wildman–Crippen LogP) is 1.60. The van der Waals surface area contributed by atoms with Gasteiger partial charge in [-0.15, -0.1) is 0 Å². The van der Waals surface area contributed by atoms with Gasteiger partial charge in [-0.2, -0.15) is 0 Å². The van der Waals surface area contributed by atoms with Crippen LogP contribution in [-0.4, -0.2) is 31.5 Å². The van der Waals surface area contributed by atoms with Crippen molar-refractivity contribution in [3.8, 4) is 0 Å². The number of fused-ring (bicyclic) bond motifs is 1. The van der Waals surface area contributed by atoms with Crippen LogP contribution in [0.5, 0.6) is 0 Å². The number of ether oxygens (including phenoxy) is 1. The monoisotopic (exact) mass is 235 g/mol. The van der Waals surface area contributed by atoms with Crippen LogP contribution in [0.4, 0.5) is 5.82 Å². The first kappa shape index (κ1) is 11.9. The molecule has 5 heteroatoms. The summed E-state index contributed by atoms with van der Waals surface area (Å²) in [5.74, 6) is 0.769. The predicted molar refractivity (Wildman–Crippen MR) is 67.0 cm³/mol. The Morgan fingerprint density at radius 2 is 2.29 bits per heavy atom. The van der Waals surface area contributed by atoms with E-state index in [1.54, 1.807) is 7.11 Å². The van der Waals surface area contributed by atoms with Gasteiger partial charge in [0, 0.05) is 19.7 Å². The second kappa shape index (κ2) is 5.65. The summed E-state index contributed by atoms with van der Waals surface area (Å²) in [5, 5.41) is 8.19. The first-order valence-corrected chi connectivity index (χ1v) is 5.64. The molecule has 0 radical (unpaired) electrons. The van der Waals surface area contributed by atoms with Crippen molar-refractivity contribution in [1.82, 2.24) is 5.16 Å². The van der Waals surface area contributed by atoms with Gasteiger partial charge in [-0.05, 0) is 18.6 Å². The molecule has 1 heterocycles. The third-order valence-electron chi connectivity index (χ3n) is 2.57. The maximum absolute atomic E-state index is 5.83. The first-order chi connectivity index (χ1) is 8.31. The number of hydrogen-bond acceptors (Lipinski definition) is 5. The summed E-state index contributed by atoms with van der Waals surface area (Å²) in [6.07, 6.45) is 0.828. The highest BCUT2D eigenvalue weighted by atomic mass is 16.5. The van der Waals surface area contributed by atoms with Crippen molar-refractivity contribution in [2.75, 3.05) is 25.6 Å². The number of nitrogens with one attached hydrogen (secondary N) is 1. The van der Waals surface area contributed by atoms with Gasteiger partial charge in [0.05, 0.1) is 12.0 Å². The van der Waals surface area contributed by atoms with E-state index in [0.29, 0.717) is 6.61 Å². The quantitative estimate of drug-likeness (QED) is 0.795. The zero-order valence-corrected chi connectivity index (χ0v) is 9.85. The molecule has 0 spiro atoms. The normalized spacial score (nSPS) is 12.8. The van der Waals surface area contributed by atoms with E-state index in [9.17, 15) is 0 Å². The lowest BCUT2D eigenvalue weighted by Crippen LogP contribution is -2.28. The van der Waals surface area contributed by atoms with Crippen LogP contribution in [0.25, 0.3) is 11.0 Å². The number of hydrogen-bond donors (Lipinski definition) is 2.